The first-order valence-electron chi connectivity index (χ1n) is 7.33. The predicted molar refractivity (Wildman–Crippen MR) is 78.7 cm³/mol. The molecule has 1 saturated carbocycles. The first kappa shape index (κ1) is 14.5. The summed E-state index contributed by atoms with van der Waals surface area (Å²) in [7, 11) is 0. The third-order valence-corrected chi connectivity index (χ3v) is 4.22. The highest BCUT2D eigenvalue weighted by molar-refractivity contribution is 5.29. The molecule has 1 aliphatic carbocycles. The van der Waals surface area contributed by atoms with Crippen LogP contribution in [-0.4, -0.2) is 37.1 Å². The number of hydrogen-bond acceptors (Lipinski definition) is 2. The molecule has 1 unspecified atom stereocenters. The molecule has 19 heavy (non-hydrogen) atoms. The highest BCUT2D eigenvalue weighted by Crippen LogP contribution is 2.36. The molecule has 2 nitrogen and oxygen atoms in total. The second-order valence-electron chi connectivity index (χ2n) is 5.55. The normalized spacial score (nSPS) is 24.9. The minimum atomic E-state index is -0.146. The maximum Gasteiger partial charge on any atom is 0.0968 e. The van der Waals surface area contributed by atoms with Crippen LogP contribution in [0, 0.1) is 5.92 Å². The smallest absolute Gasteiger partial charge is 0.0968 e. The van der Waals surface area contributed by atoms with Crippen LogP contribution in [0.25, 0.3) is 0 Å². The van der Waals surface area contributed by atoms with Gasteiger partial charge in [0.05, 0.1) is 5.83 Å². The fraction of sp³-hybridized carbons (Fsp3) is 0.625. The fourth-order valence-corrected chi connectivity index (χ4v) is 3.00. The summed E-state index contributed by atoms with van der Waals surface area (Å²) < 4.78 is 13.0. The Morgan fingerprint density at radius 2 is 2.00 bits per heavy atom. The fourth-order valence-electron chi connectivity index (χ4n) is 3.00. The zero-order valence-electron chi connectivity index (χ0n) is 11.9. The molecule has 0 aromatic carbocycles. The molecule has 106 valence electrons. The molecule has 0 spiro atoms. The molecule has 2 aliphatic rings. The van der Waals surface area contributed by atoms with Gasteiger partial charge in [0.1, 0.15) is 0 Å². The van der Waals surface area contributed by atoms with Gasteiger partial charge >= 0.3 is 0 Å². The van der Waals surface area contributed by atoms with Crippen LogP contribution in [0.15, 0.2) is 36.2 Å². The van der Waals surface area contributed by atoms with Crippen LogP contribution in [0.2, 0.25) is 0 Å². The Balaban J connectivity index is 2.16. The van der Waals surface area contributed by atoms with E-state index in [1.165, 1.54) is 31.8 Å². The summed E-state index contributed by atoms with van der Waals surface area (Å²) in [6.07, 6.45) is 9.29. The van der Waals surface area contributed by atoms with E-state index >= 15 is 0 Å². The van der Waals surface area contributed by atoms with E-state index in [1.54, 1.807) is 6.08 Å². The van der Waals surface area contributed by atoms with Gasteiger partial charge < -0.3 is 5.32 Å². The van der Waals surface area contributed by atoms with E-state index in [9.17, 15) is 4.39 Å². The number of rotatable bonds is 5. The van der Waals surface area contributed by atoms with E-state index in [1.807, 2.05) is 12.2 Å². The van der Waals surface area contributed by atoms with Gasteiger partial charge in [0.15, 0.2) is 0 Å². The Morgan fingerprint density at radius 3 is 2.47 bits per heavy atom. The van der Waals surface area contributed by atoms with Gasteiger partial charge in [0.25, 0.3) is 0 Å². The summed E-state index contributed by atoms with van der Waals surface area (Å²) in [5.74, 6) is 0.572. The van der Waals surface area contributed by atoms with Gasteiger partial charge in [0, 0.05) is 32.2 Å². The summed E-state index contributed by atoms with van der Waals surface area (Å²) in [6.45, 7) is 9.66. The molecule has 1 atom stereocenters. The van der Waals surface area contributed by atoms with E-state index in [0.29, 0.717) is 6.04 Å². The molecule has 0 amide bonds. The zero-order valence-corrected chi connectivity index (χ0v) is 11.9. The Bertz CT molecular complexity index is 359. The van der Waals surface area contributed by atoms with Crippen molar-refractivity contribution in [3.05, 3.63) is 36.2 Å². The number of allylic oxidation sites excluding steroid dienone is 3. The van der Waals surface area contributed by atoms with Gasteiger partial charge in [-0.1, -0.05) is 25.2 Å². The minimum Gasteiger partial charge on any atom is -0.314 e. The average molecular weight is 264 g/mol. The van der Waals surface area contributed by atoms with Crippen molar-refractivity contribution in [2.45, 2.75) is 32.2 Å². The molecule has 1 aliphatic heterocycles. The lowest BCUT2D eigenvalue weighted by molar-refractivity contribution is 0.109. The molecular weight excluding hydrogens is 239 g/mol. The van der Waals surface area contributed by atoms with Gasteiger partial charge in [-0.25, -0.2) is 4.39 Å². The lowest BCUT2D eigenvalue weighted by atomic mass is 9.76. The molecule has 0 aromatic rings. The van der Waals surface area contributed by atoms with E-state index in [2.05, 4.69) is 16.8 Å². The second kappa shape index (κ2) is 7.01. The number of halogens is 1. The van der Waals surface area contributed by atoms with Crippen LogP contribution < -0.4 is 5.32 Å². The second-order valence-corrected chi connectivity index (χ2v) is 5.55. The monoisotopic (exact) mass is 264 g/mol. The van der Waals surface area contributed by atoms with Crippen LogP contribution in [0.4, 0.5) is 4.39 Å². The van der Waals surface area contributed by atoms with Crippen molar-refractivity contribution in [1.82, 2.24) is 10.2 Å². The summed E-state index contributed by atoms with van der Waals surface area (Å²) in [4.78, 5) is 2.54. The van der Waals surface area contributed by atoms with E-state index < -0.39 is 0 Å². The maximum atomic E-state index is 13.0. The van der Waals surface area contributed by atoms with E-state index in [4.69, 9.17) is 0 Å². The van der Waals surface area contributed by atoms with E-state index in [-0.39, 0.29) is 5.83 Å². The summed E-state index contributed by atoms with van der Waals surface area (Å²) in [6, 6.07) is 0.420. The standard InChI is InChI=1S/C16H25FN2/c1-3-14(8-7-13(2)17)16(15-5-4-6-15)19-11-9-18-10-12-19/h3,7-8,15-16,18H,1,4-6,9-12H2,2H3/b13-7+,14-8+. The summed E-state index contributed by atoms with van der Waals surface area (Å²) in [5, 5.41) is 3.39. The molecule has 0 radical (unpaired) electrons. The number of piperazine rings is 1. The molecule has 0 bridgehead atoms. The van der Waals surface area contributed by atoms with Crippen molar-refractivity contribution in [3.8, 4) is 0 Å². The molecule has 2 rings (SSSR count). The van der Waals surface area contributed by atoms with Crippen LogP contribution >= 0.6 is 0 Å². The summed E-state index contributed by atoms with van der Waals surface area (Å²) >= 11 is 0. The third kappa shape index (κ3) is 3.77. The number of nitrogens with zero attached hydrogens (tertiary/aromatic N) is 1. The Labute approximate surface area is 116 Å². The third-order valence-electron chi connectivity index (χ3n) is 4.22. The van der Waals surface area contributed by atoms with Crippen molar-refractivity contribution >= 4 is 0 Å². The largest absolute Gasteiger partial charge is 0.314 e. The Kier molecular flexibility index (Phi) is 5.34. The topological polar surface area (TPSA) is 15.3 Å². The predicted octanol–water partition coefficient (Wildman–Crippen LogP) is 3.05. The molecule has 1 saturated heterocycles. The van der Waals surface area contributed by atoms with Gasteiger partial charge in [-0.3, -0.25) is 4.90 Å². The van der Waals surface area contributed by atoms with Gasteiger partial charge in [-0.05, 0) is 37.3 Å². The number of hydrogen-bond donors (Lipinski definition) is 1. The Morgan fingerprint density at radius 1 is 1.32 bits per heavy atom. The molecule has 2 fully saturated rings. The van der Waals surface area contributed by atoms with E-state index in [0.717, 1.165) is 32.1 Å². The van der Waals surface area contributed by atoms with Gasteiger partial charge in [-0.2, -0.15) is 0 Å². The molecule has 0 aromatic heterocycles. The quantitative estimate of drug-likeness (QED) is 0.768. The van der Waals surface area contributed by atoms with Crippen molar-refractivity contribution in [2.75, 3.05) is 26.2 Å². The van der Waals surface area contributed by atoms with Crippen molar-refractivity contribution in [3.63, 3.8) is 0 Å². The highest BCUT2D eigenvalue weighted by atomic mass is 19.1. The SMILES string of the molecule is C=C/C(=C\C=C(/C)F)C(C1CCC1)N1CCNCC1. The van der Waals surface area contributed by atoms with Gasteiger partial charge in [-0.15, -0.1) is 0 Å². The van der Waals surface area contributed by atoms with Crippen molar-refractivity contribution in [2.24, 2.45) is 5.92 Å². The summed E-state index contributed by atoms with van der Waals surface area (Å²) in [5.41, 5.74) is 1.17. The lowest BCUT2D eigenvalue weighted by Crippen LogP contribution is -2.52. The minimum absolute atomic E-state index is 0.146. The highest BCUT2D eigenvalue weighted by Gasteiger charge is 2.33. The van der Waals surface area contributed by atoms with Crippen LogP contribution in [0.1, 0.15) is 26.2 Å². The van der Waals surface area contributed by atoms with Crippen LogP contribution in [-0.2, 0) is 0 Å². The first-order chi connectivity index (χ1) is 9.22. The number of nitrogens with one attached hydrogen (secondary N) is 1. The first-order valence-corrected chi connectivity index (χ1v) is 7.33. The van der Waals surface area contributed by atoms with Crippen molar-refractivity contribution < 1.29 is 4.39 Å². The zero-order chi connectivity index (χ0) is 13.7. The lowest BCUT2D eigenvalue weighted by Gasteiger charge is -2.43. The molecule has 1 heterocycles. The van der Waals surface area contributed by atoms with Crippen LogP contribution in [0.3, 0.4) is 0 Å². The molecule has 3 heteroatoms. The van der Waals surface area contributed by atoms with Crippen LogP contribution in [0.5, 0.6) is 0 Å². The Hall–Kier alpha value is -0.930. The molecule has 1 N–H and O–H groups in total. The molecular formula is C16H25FN2. The van der Waals surface area contributed by atoms with Gasteiger partial charge in [0.2, 0.25) is 0 Å². The van der Waals surface area contributed by atoms with Crippen molar-refractivity contribution in [1.29, 1.82) is 0 Å². The maximum absolute atomic E-state index is 13.0. The average Bonchev–Trinajstić information content (AvgIpc) is 2.36.